The SMILES string of the molecule is CCN(CC)S(=O)(=O)N1CCN(C(C)C(N)=NO)CC1. The van der Waals surface area contributed by atoms with E-state index in [0.29, 0.717) is 39.3 Å². The van der Waals surface area contributed by atoms with Gasteiger partial charge in [-0.2, -0.15) is 17.0 Å². The van der Waals surface area contributed by atoms with Gasteiger partial charge in [-0.15, -0.1) is 0 Å². The van der Waals surface area contributed by atoms with Gasteiger partial charge in [-0.05, 0) is 6.92 Å². The lowest BCUT2D eigenvalue weighted by atomic mass is 10.2. The molecule has 0 aliphatic carbocycles. The Kier molecular flexibility index (Phi) is 6.18. The quantitative estimate of drug-likeness (QED) is 0.293. The minimum absolute atomic E-state index is 0.144. The Labute approximate surface area is 121 Å². The van der Waals surface area contributed by atoms with E-state index in [4.69, 9.17) is 10.9 Å². The molecule has 0 bridgehead atoms. The summed E-state index contributed by atoms with van der Waals surface area (Å²) in [6.07, 6.45) is 0. The van der Waals surface area contributed by atoms with Crippen LogP contribution < -0.4 is 5.73 Å². The van der Waals surface area contributed by atoms with Crippen molar-refractivity contribution in [3.05, 3.63) is 0 Å². The molecule has 3 N–H and O–H groups in total. The van der Waals surface area contributed by atoms with Crippen LogP contribution in [-0.4, -0.2) is 78.3 Å². The summed E-state index contributed by atoms with van der Waals surface area (Å²) in [6, 6.07) is -0.196. The van der Waals surface area contributed by atoms with Gasteiger partial charge in [0.1, 0.15) is 0 Å². The van der Waals surface area contributed by atoms with Gasteiger partial charge < -0.3 is 10.9 Å². The summed E-state index contributed by atoms with van der Waals surface area (Å²) in [4.78, 5) is 2.00. The number of oxime groups is 1. The average Bonchev–Trinajstić information content (AvgIpc) is 2.46. The van der Waals surface area contributed by atoms with E-state index in [1.807, 2.05) is 25.7 Å². The normalized spacial score (nSPS) is 21.3. The van der Waals surface area contributed by atoms with Gasteiger partial charge in [0.25, 0.3) is 10.2 Å². The molecule has 1 rings (SSSR count). The van der Waals surface area contributed by atoms with Crippen LogP contribution in [0.5, 0.6) is 0 Å². The van der Waals surface area contributed by atoms with Gasteiger partial charge in [0, 0.05) is 39.3 Å². The first kappa shape index (κ1) is 17.2. The fraction of sp³-hybridized carbons (Fsp3) is 0.909. The van der Waals surface area contributed by atoms with E-state index >= 15 is 0 Å². The molecule has 0 radical (unpaired) electrons. The van der Waals surface area contributed by atoms with Gasteiger partial charge in [0.05, 0.1) is 6.04 Å². The Hall–Kier alpha value is -0.900. The van der Waals surface area contributed by atoms with Gasteiger partial charge in [-0.3, -0.25) is 4.90 Å². The van der Waals surface area contributed by atoms with Crippen molar-refractivity contribution in [1.82, 2.24) is 13.5 Å². The second kappa shape index (κ2) is 7.21. The highest BCUT2D eigenvalue weighted by molar-refractivity contribution is 7.86. The van der Waals surface area contributed by atoms with Crippen LogP contribution >= 0.6 is 0 Å². The average molecular weight is 307 g/mol. The zero-order valence-corrected chi connectivity index (χ0v) is 13.2. The molecular weight excluding hydrogens is 282 g/mol. The van der Waals surface area contributed by atoms with Crippen molar-refractivity contribution in [3.63, 3.8) is 0 Å². The fourth-order valence-electron chi connectivity index (χ4n) is 2.31. The van der Waals surface area contributed by atoms with E-state index in [-0.39, 0.29) is 11.9 Å². The van der Waals surface area contributed by atoms with Crippen LogP contribution in [0, 0.1) is 0 Å². The van der Waals surface area contributed by atoms with Crippen LogP contribution in [0.2, 0.25) is 0 Å². The molecule has 1 saturated heterocycles. The van der Waals surface area contributed by atoms with Gasteiger partial charge in [-0.1, -0.05) is 19.0 Å². The topological polar surface area (TPSA) is 102 Å². The minimum Gasteiger partial charge on any atom is -0.409 e. The van der Waals surface area contributed by atoms with Crippen molar-refractivity contribution in [2.24, 2.45) is 10.9 Å². The molecule has 0 aromatic carbocycles. The van der Waals surface area contributed by atoms with Gasteiger partial charge in [0.2, 0.25) is 0 Å². The van der Waals surface area contributed by atoms with Gasteiger partial charge in [-0.25, -0.2) is 0 Å². The number of hydrogen-bond acceptors (Lipinski definition) is 5. The lowest BCUT2D eigenvalue weighted by Crippen LogP contribution is -2.56. The van der Waals surface area contributed by atoms with Crippen molar-refractivity contribution >= 4 is 16.0 Å². The molecule has 1 aliphatic heterocycles. The maximum atomic E-state index is 12.4. The maximum absolute atomic E-state index is 12.4. The first-order valence-corrected chi connectivity index (χ1v) is 8.24. The molecule has 0 amide bonds. The van der Waals surface area contributed by atoms with Crippen molar-refractivity contribution in [2.75, 3.05) is 39.3 Å². The zero-order valence-electron chi connectivity index (χ0n) is 12.4. The lowest BCUT2D eigenvalue weighted by molar-refractivity contribution is 0.165. The summed E-state index contributed by atoms with van der Waals surface area (Å²) in [5.41, 5.74) is 5.58. The Balaban J connectivity index is 2.67. The lowest BCUT2D eigenvalue weighted by Gasteiger charge is -2.38. The largest absolute Gasteiger partial charge is 0.409 e. The number of hydrogen-bond donors (Lipinski definition) is 2. The van der Waals surface area contributed by atoms with Crippen LogP contribution in [0.4, 0.5) is 0 Å². The fourth-order valence-corrected chi connectivity index (χ4v) is 3.91. The molecule has 0 spiro atoms. The van der Waals surface area contributed by atoms with Crippen LogP contribution in [-0.2, 0) is 10.2 Å². The van der Waals surface area contributed by atoms with Gasteiger partial charge >= 0.3 is 0 Å². The first-order valence-electron chi connectivity index (χ1n) is 6.85. The Morgan fingerprint density at radius 2 is 1.80 bits per heavy atom. The number of piperazine rings is 1. The second-order valence-electron chi connectivity index (χ2n) is 4.73. The third kappa shape index (κ3) is 3.60. The number of nitrogens with two attached hydrogens (primary N) is 1. The smallest absolute Gasteiger partial charge is 0.282 e. The maximum Gasteiger partial charge on any atom is 0.282 e. The summed E-state index contributed by atoms with van der Waals surface area (Å²) in [5.74, 6) is 0.144. The Morgan fingerprint density at radius 1 is 1.30 bits per heavy atom. The van der Waals surface area contributed by atoms with Crippen molar-refractivity contribution < 1.29 is 13.6 Å². The molecule has 0 aromatic rings. The van der Waals surface area contributed by atoms with Gasteiger partial charge in [0.15, 0.2) is 5.84 Å². The molecule has 8 nitrogen and oxygen atoms in total. The van der Waals surface area contributed by atoms with Crippen LogP contribution in [0.25, 0.3) is 0 Å². The summed E-state index contributed by atoms with van der Waals surface area (Å²) in [6.45, 7) is 8.41. The third-order valence-corrected chi connectivity index (χ3v) is 5.91. The predicted octanol–water partition coefficient (Wildman–Crippen LogP) is -0.674. The molecule has 1 atom stereocenters. The van der Waals surface area contributed by atoms with Crippen molar-refractivity contribution in [3.8, 4) is 0 Å². The van der Waals surface area contributed by atoms with Crippen LogP contribution in [0.3, 0.4) is 0 Å². The zero-order chi connectivity index (χ0) is 15.3. The number of nitrogens with zero attached hydrogens (tertiary/aromatic N) is 4. The molecule has 0 aromatic heterocycles. The van der Waals surface area contributed by atoms with E-state index in [9.17, 15) is 8.42 Å². The number of amidine groups is 1. The molecule has 1 fully saturated rings. The third-order valence-electron chi connectivity index (χ3n) is 3.72. The van der Waals surface area contributed by atoms with Crippen LogP contribution in [0.15, 0.2) is 5.16 Å². The molecule has 1 heterocycles. The summed E-state index contributed by atoms with van der Waals surface area (Å²) >= 11 is 0. The standard InChI is InChI=1S/C11H25N5O3S/c1-4-15(5-2)20(18,19)16-8-6-14(7-9-16)10(3)11(12)13-17/h10,17H,4-9H2,1-3H3,(H2,12,13). The van der Waals surface area contributed by atoms with Crippen molar-refractivity contribution in [2.45, 2.75) is 26.8 Å². The monoisotopic (exact) mass is 307 g/mol. The number of rotatable bonds is 6. The van der Waals surface area contributed by atoms with E-state index in [0.717, 1.165) is 0 Å². The molecule has 0 saturated carbocycles. The summed E-state index contributed by atoms with van der Waals surface area (Å²) in [7, 11) is -3.37. The highest BCUT2D eigenvalue weighted by atomic mass is 32.2. The Bertz CT molecular complexity index is 427. The highest BCUT2D eigenvalue weighted by Crippen LogP contribution is 2.13. The molecular formula is C11H25N5O3S. The van der Waals surface area contributed by atoms with E-state index < -0.39 is 10.2 Å². The van der Waals surface area contributed by atoms with E-state index in [1.165, 1.54) is 8.61 Å². The molecule has 20 heavy (non-hydrogen) atoms. The summed E-state index contributed by atoms with van der Waals surface area (Å²) in [5, 5.41) is 11.7. The second-order valence-corrected chi connectivity index (χ2v) is 6.66. The van der Waals surface area contributed by atoms with E-state index in [1.54, 1.807) is 0 Å². The first-order chi connectivity index (χ1) is 9.38. The molecule has 1 unspecified atom stereocenters. The summed E-state index contributed by atoms with van der Waals surface area (Å²) < 4.78 is 27.7. The van der Waals surface area contributed by atoms with Crippen LogP contribution in [0.1, 0.15) is 20.8 Å². The highest BCUT2D eigenvalue weighted by Gasteiger charge is 2.32. The van der Waals surface area contributed by atoms with E-state index in [2.05, 4.69) is 5.16 Å². The predicted molar refractivity (Wildman–Crippen MR) is 77.9 cm³/mol. The molecule has 118 valence electrons. The van der Waals surface area contributed by atoms with Crippen molar-refractivity contribution in [1.29, 1.82) is 0 Å². The molecule has 1 aliphatic rings. The minimum atomic E-state index is -3.37. The Morgan fingerprint density at radius 3 is 2.20 bits per heavy atom. The molecule has 9 heteroatoms.